The largest absolute Gasteiger partial charge is 0.368 e. The van der Waals surface area contributed by atoms with Crippen molar-refractivity contribution < 1.29 is 9.18 Å². The second kappa shape index (κ2) is 7.59. The molecule has 3 aliphatic carbocycles. The number of hydrogen-bond acceptors (Lipinski definition) is 6. The predicted molar refractivity (Wildman–Crippen MR) is 127 cm³/mol. The monoisotopic (exact) mass is 462 g/mol. The van der Waals surface area contributed by atoms with Gasteiger partial charge in [0, 0.05) is 45.2 Å². The van der Waals surface area contributed by atoms with Crippen LogP contribution >= 0.6 is 0 Å². The Labute approximate surface area is 196 Å². The van der Waals surface area contributed by atoms with E-state index in [0.29, 0.717) is 22.0 Å². The standard InChI is InChI=1S/C25H27FN6O2/c1-27-22(34)20-5-3-17(11-28-20)32-8-6-31(7-9-32)15-24-12-25(13-24,14-24)23-29-19-4-2-16(26)10-18(19)21(33)30-23/h2-5,10-11H,6-9,12-15H2,1H3,(H,27,34)(H,29,30,33). The van der Waals surface area contributed by atoms with Crippen LogP contribution in [0.4, 0.5) is 10.1 Å². The van der Waals surface area contributed by atoms with Gasteiger partial charge in [0.15, 0.2) is 0 Å². The molecule has 2 bridgehead atoms. The van der Waals surface area contributed by atoms with Gasteiger partial charge in [0.1, 0.15) is 17.3 Å². The van der Waals surface area contributed by atoms with Gasteiger partial charge in [-0.3, -0.25) is 14.5 Å². The quantitative estimate of drug-likeness (QED) is 0.603. The Balaban J connectivity index is 1.06. The van der Waals surface area contributed by atoms with Gasteiger partial charge in [-0.05, 0) is 55.0 Å². The number of nitrogens with zero attached hydrogens (tertiary/aromatic N) is 4. The lowest BCUT2D eigenvalue weighted by atomic mass is 9.34. The number of aromatic nitrogens is 3. The molecular weight excluding hydrogens is 435 g/mol. The predicted octanol–water partition coefficient (Wildman–Crippen LogP) is 2.06. The lowest BCUT2D eigenvalue weighted by molar-refractivity contribution is -0.160. The number of piperazine rings is 1. The van der Waals surface area contributed by atoms with Crippen LogP contribution in [-0.4, -0.2) is 65.5 Å². The molecule has 8 nitrogen and oxygen atoms in total. The third kappa shape index (κ3) is 3.37. The van der Waals surface area contributed by atoms with E-state index >= 15 is 0 Å². The van der Waals surface area contributed by atoms with Gasteiger partial charge < -0.3 is 15.2 Å². The molecule has 3 heterocycles. The maximum absolute atomic E-state index is 13.5. The number of carbonyl (C=O) groups is 1. The van der Waals surface area contributed by atoms with Gasteiger partial charge in [0.2, 0.25) is 0 Å². The smallest absolute Gasteiger partial charge is 0.269 e. The number of aromatic amines is 1. The Morgan fingerprint density at radius 3 is 2.59 bits per heavy atom. The summed E-state index contributed by atoms with van der Waals surface area (Å²) >= 11 is 0. The maximum Gasteiger partial charge on any atom is 0.269 e. The number of hydrogen-bond donors (Lipinski definition) is 2. The molecule has 176 valence electrons. The zero-order chi connectivity index (χ0) is 23.5. The number of carbonyl (C=O) groups excluding carboxylic acids is 1. The fourth-order valence-electron chi connectivity index (χ4n) is 6.25. The molecule has 34 heavy (non-hydrogen) atoms. The van der Waals surface area contributed by atoms with Crippen LogP contribution in [0.3, 0.4) is 0 Å². The second-order valence-electron chi connectivity index (χ2n) is 10.1. The van der Waals surface area contributed by atoms with Crippen LogP contribution in [0.25, 0.3) is 10.9 Å². The molecular formula is C25H27FN6O2. The van der Waals surface area contributed by atoms with E-state index in [-0.39, 0.29) is 16.9 Å². The highest BCUT2D eigenvalue weighted by Gasteiger charge is 2.69. The van der Waals surface area contributed by atoms with Crippen LogP contribution < -0.4 is 15.8 Å². The highest BCUT2D eigenvalue weighted by atomic mass is 19.1. The number of H-pyrrole nitrogens is 1. The van der Waals surface area contributed by atoms with Crippen molar-refractivity contribution in [3.63, 3.8) is 0 Å². The van der Waals surface area contributed by atoms with Crippen molar-refractivity contribution in [2.75, 3.05) is 44.7 Å². The van der Waals surface area contributed by atoms with Crippen LogP contribution in [0.15, 0.2) is 41.3 Å². The number of halogens is 1. The lowest BCUT2D eigenvalue weighted by Crippen LogP contribution is -2.69. The van der Waals surface area contributed by atoms with Crippen molar-refractivity contribution in [3.8, 4) is 0 Å². The van der Waals surface area contributed by atoms with Gasteiger partial charge in [-0.15, -0.1) is 0 Å². The molecule has 9 heteroatoms. The topological polar surface area (TPSA) is 94.2 Å². The molecule has 1 saturated heterocycles. The minimum Gasteiger partial charge on any atom is -0.368 e. The average Bonchev–Trinajstić information content (AvgIpc) is 2.81. The fourth-order valence-corrected chi connectivity index (χ4v) is 6.25. The first kappa shape index (κ1) is 21.2. The normalized spacial score (nSPS) is 26.1. The molecule has 0 radical (unpaired) electrons. The number of fused-ring (bicyclic) bond motifs is 1. The SMILES string of the molecule is CNC(=O)c1ccc(N2CCN(CC34CC(c5nc6ccc(F)cc6c(=O)[nH]5)(C3)C4)CC2)cn1. The molecule has 2 N–H and O–H groups in total. The van der Waals surface area contributed by atoms with Crippen molar-refractivity contribution in [3.05, 3.63) is 64.2 Å². The summed E-state index contributed by atoms with van der Waals surface area (Å²) in [5, 5.41) is 2.90. The third-order valence-corrected chi connectivity index (χ3v) is 7.81. The second-order valence-corrected chi connectivity index (χ2v) is 10.1. The van der Waals surface area contributed by atoms with E-state index in [1.165, 1.54) is 12.1 Å². The minimum atomic E-state index is -0.422. The van der Waals surface area contributed by atoms with Gasteiger partial charge in [-0.25, -0.2) is 14.4 Å². The molecule has 4 fully saturated rings. The number of pyridine rings is 1. The first-order valence-electron chi connectivity index (χ1n) is 11.7. The van der Waals surface area contributed by atoms with E-state index in [1.807, 2.05) is 6.07 Å². The summed E-state index contributed by atoms with van der Waals surface area (Å²) in [5.74, 6) is 0.162. The Bertz CT molecular complexity index is 1310. The van der Waals surface area contributed by atoms with Crippen LogP contribution in [0, 0.1) is 11.2 Å². The average molecular weight is 463 g/mol. The number of rotatable bonds is 5. The Morgan fingerprint density at radius 2 is 1.91 bits per heavy atom. The maximum atomic E-state index is 13.5. The summed E-state index contributed by atoms with van der Waals surface area (Å²) in [6, 6.07) is 7.92. The molecule has 0 spiro atoms. The number of anilines is 1. The summed E-state index contributed by atoms with van der Waals surface area (Å²) in [6.45, 7) is 4.90. The summed E-state index contributed by atoms with van der Waals surface area (Å²) in [7, 11) is 1.60. The molecule has 3 saturated carbocycles. The molecule has 0 unspecified atom stereocenters. The summed E-state index contributed by atoms with van der Waals surface area (Å²) in [5.41, 5.74) is 2.07. The lowest BCUT2D eigenvalue weighted by Gasteiger charge is -2.71. The molecule has 1 aliphatic heterocycles. The van der Waals surface area contributed by atoms with Gasteiger partial charge in [-0.1, -0.05) is 0 Å². The van der Waals surface area contributed by atoms with E-state index < -0.39 is 5.82 Å². The van der Waals surface area contributed by atoms with E-state index in [2.05, 4.69) is 30.1 Å². The number of amides is 1. The van der Waals surface area contributed by atoms with Crippen molar-refractivity contribution in [1.29, 1.82) is 0 Å². The Hall–Kier alpha value is -3.33. The molecule has 1 amide bonds. The van der Waals surface area contributed by atoms with Gasteiger partial charge in [0.25, 0.3) is 11.5 Å². The molecule has 0 atom stereocenters. The first-order chi connectivity index (χ1) is 16.4. The van der Waals surface area contributed by atoms with E-state index in [1.54, 1.807) is 25.4 Å². The van der Waals surface area contributed by atoms with Crippen LogP contribution in [-0.2, 0) is 5.41 Å². The third-order valence-electron chi connectivity index (χ3n) is 7.81. The molecule has 2 aromatic heterocycles. The van der Waals surface area contributed by atoms with Crippen molar-refractivity contribution in [1.82, 2.24) is 25.2 Å². The fraction of sp³-hybridized carbons (Fsp3) is 0.440. The van der Waals surface area contributed by atoms with Crippen molar-refractivity contribution in [2.24, 2.45) is 5.41 Å². The van der Waals surface area contributed by atoms with E-state index in [9.17, 15) is 14.0 Å². The minimum absolute atomic E-state index is 0.0260. The summed E-state index contributed by atoms with van der Waals surface area (Å²) < 4.78 is 13.5. The van der Waals surface area contributed by atoms with Crippen LogP contribution in [0.5, 0.6) is 0 Å². The van der Waals surface area contributed by atoms with Gasteiger partial charge in [-0.2, -0.15) is 0 Å². The number of benzene rings is 1. The zero-order valence-corrected chi connectivity index (χ0v) is 19.1. The highest BCUT2D eigenvalue weighted by molar-refractivity contribution is 5.92. The van der Waals surface area contributed by atoms with Gasteiger partial charge >= 0.3 is 0 Å². The highest BCUT2D eigenvalue weighted by Crippen LogP contribution is 2.73. The molecule has 1 aromatic carbocycles. The molecule has 4 aliphatic rings. The summed E-state index contributed by atoms with van der Waals surface area (Å²) in [6.07, 6.45) is 4.90. The van der Waals surface area contributed by atoms with E-state index in [4.69, 9.17) is 0 Å². The Morgan fingerprint density at radius 1 is 1.15 bits per heavy atom. The van der Waals surface area contributed by atoms with E-state index in [0.717, 1.165) is 63.5 Å². The number of nitrogens with one attached hydrogen (secondary N) is 2. The zero-order valence-electron chi connectivity index (χ0n) is 19.1. The molecule has 3 aromatic rings. The van der Waals surface area contributed by atoms with Crippen LogP contribution in [0.1, 0.15) is 35.6 Å². The molecule has 7 rings (SSSR count). The van der Waals surface area contributed by atoms with Crippen LogP contribution in [0.2, 0.25) is 0 Å². The van der Waals surface area contributed by atoms with Crippen molar-refractivity contribution >= 4 is 22.5 Å². The van der Waals surface area contributed by atoms with Gasteiger partial charge in [0.05, 0.1) is 22.8 Å². The van der Waals surface area contributed by atoms with Crippen molar-refractivity contribution in [2.45, 2.75) is 24.7 Å². The first-order valence-corrected chi connectivity index (χ1v) is 11.7. The summed E-state index contributed by atoms with van der Waals surface area (Å²) in [4.78, 5) is 40.9. The Kier molecular flexibility index (Phi) is 4.74.